The van der Waals surface area contributed by atoms with Gasteiger partial charge in [0.15, 0.2) is 0 Å². The van der Waals surface area contributed by atoms with Crippen molar-refractivity contribution in [3.8, 4) is 0 Å². The lowest BCUT2D eigenvalue weighted by molar-refractivity contribution is -0.130. The van der Waals surface area contributed by atoms with E-state index in [-0.39, 0.29) is 30.3 Å². The van der Waals surface area contributed by atoms with E-state index in [0.717, 1.165) is 0 Å². The summed E-state index contributed by atoms with van der Waals surface area (Å²) in [7, 11) is 0. The van der Waals surface area contributed by atoms with Crippen LogP contribution in [-0.4, -0.2) is 66.4 Å². The summed E-state index contributed by atoms with van der Waals surface area (Å²) < 4.78 is 13.3. The monoisotopic (exact) mass is 348 g/mol. The molecular weight excluding hydrogens is 327 g/mol. The van der Waals surface area contributed by atoms with Gasteiger partial charge in [0.1, 0.15) is 5.82 Å². The van der Waals surface area contributed by atoms with E-state index in [2.05, 4.69) is 5.32 Å². The van der Waals surface area contributed by atoms with E-state index in [0.29, 0.717) is 38.4 Å². The Balaban J connectivity index is 1.55. The summed E-state index contributed by atoms with van der Waals surface area (Å²) in [6.45, 7) is 3.81. The standard InChI is InChI=1S/C17H21FN4O3/c1-12(23)20-5-7-21(8-6-20)17(25)19-14-10-16(24)22(11-14)15-4-2-3-13(18)9-15/h2-4,9,14H,5-8,10-11H2,1H3,(H,19,25)/t14-/m0/s1. The normalized spacial score (nSPS) is 20.8. The minimum absolute atomic E-state index is 0.00665. The van der Waals surface area contributed by atoms with E-state index in [1.807, 2.05) is 0 Å². The van der Waals surface area contributed by atoms with Gasteiger partial charge in [-0.25, -0.2) is 9.18 Å². The van der Waals surface area contributed by atoms with Crippen LogP contribution < -0.4 is 10.2 Å². The molecule has 7 nitrogen and oxygen atoms in total. The van der Waals surface area contributed by atoms with Crippen LogP contribution in [0.1, 0.15) is 13.3 Å². The molecule has 1 N–H and O–H groups in total. The van der Waals surface area contributed by atoms with Crippen molar-refractivity contribution in [3.63, 3.8) is 0 Å². The predicted molar refractivity (Wildman–Crippen MR) is 89.5 cm³/mol. The molecule has 1 atom stereocenters. The minimum Gasteiger partial charge on any atom is -0.339 e. The van der Waals surface area contributed by atoms with Crippen LogP contribution >= 0.6 is 0 Å². The lowest BCUT2D eigenvalue weighted by Gasteiger charge is -2.34. The Hall–Kier alpha value is -2.64. The maximum atomic E-state index is 13.3. The van der Waals surface area contributed by atoms with Gasteiger partial charge in [-0.2, -0.15) is 0 Å². The Morgan fingerprint density at radius 3 is 2.48 bits per heavy atom. The van der Waals surface area contributed by atoms with Crippen molar-refractivity contribution in [2.24, 2.45) is 0 Å². The number of anilines is 1. The third-order valence-electron chi connectivity index (χ3n) is 4.58. The fourth-order valence-corrected chi connectivity index (χ4v) is 3.19. The molecular formula is C17H21FN4O3. The maximum absolute atomic E-state index is 13.3. The second kappa shape index (κ2) is 7.08. The zero-order valence-corrected chi connectivity index (χ0v) is 14.1. The largest absolute Gasteiger partial charge is 0.339 e. The topological polar surface area (TPSA) is 73.0 Å². The molecule has 2 fully saturated rings. The third-order valence-corrected chi connectivity index (χ3v) is 4.58. The van der Waals surface area contributed by atoms with Crippen LogP contribution in [0.15, 0.2) is 24.3 Å². The molecule has 8 heteroatoms. The predicted octanol–water partition coefficient (Wildman–Crippen LogP) is 0.805. The van der Waals surface area contributed by atoms with Gasteiger partial charge in [0.25, 0.3) is 0 Å². The number of hydrogen-bond donors (Lipinski definition) is 1. The number of nitrogens with zero attached hydrogens (tertiary/aromatic N) is 3. The molecule has 0 aliphatic carbocycles. The van der Waals surface area contributed by atoms with Gasteiger partial charge in [-0.05, 0) is 18.2 Å². The Bertz CT molecular complexity index is 688. The number of halogens is 1. The molecule has 0 bridgehead atoms. The molecule has 2 aliphatic heterocycles. The second-order valence-corrected chi connectivity index (χ2v) is 6.33. The van der Waals surface area contributed by atoms with Crippen molar-refractivity contribution in [3.05, 3.63) is 30.1 Å². The zero-order chi connectivity index (χ0) is 18.0. The number of rotatable bonds is 2. The van der Waals surface area contributed by atoms with E-state index in [4.69, 9.17) is 0 Å². The number of nitrogens with one attached hydrogen (secondary N) is 1. The maximum Gasteiger partial charge on any atom is 0.317 e. The quantitative estimate of drug-likeness (QED) is 0.859. The lowest BCUT2D eigenvalue weighted by atomic mass is 10.2. The van der Waals surface area contributed by atoms with Gasteiger partial charge in [0, 0.05) is 51.8 Å². The Morgan fingerprint density at radius 2 is 1.84 bits per heavy atom. The summed E-state index contributed by atoms with van der Waals surface area (Å²) in [6.07, 6.45) is 0.190. The Morgan fingerprint density at radius 1 is 1.16 bits per heavy atom. The molecule has 25 heavy (non-hydrogen) atoms. The van der Waals surface area contributed by atoms with Crippen molar-refractivity contribution in [2.45, 2.75) is 19.4 Å². The first-order chi connectivity index (χ1) is 11.9. The molecule has 1 aromatic rings. The van der Waals surface area contributed by atoms with Crippen LogP contribution in [0.4, 0.5) is 14.9 Å². The number of hydrogen-bond acceptors (Lipinski definition) is 3. The number of carbonyl (C=O) groups excluding carboxylic acids is 3. The minimum atomic E-state index is -0.402. The van der Waals surface area contributed by atoms with Crippen LogP contribution in [0, 0.1) is 5.82 Å². The van der Waals surface area contributed by atoms with Crippen LogP contribution in [-0.2, 0) is 9.59 Å². The van der Waals surface area contributed by atoms with Crippen LogP contribution in [0.5, 0.6) is 0 Å². The fraction of sp³-hybridized carbons (Fsp3) is 0.471. The van der Waals surface area contributed by atoms with E-state index in [9.17, 15) is 18.8 Å². The molecule has 0 radical (unpaired) electrons. The first-order valence-corrected chi connectivity index (χ1v) is 8.31. The number of benzene rings is 1. The highest BCUT2D eigenvalue weighted by molar-refractivity contribution is 5.96. The smallest absolute Gasteiger partial charge is 0.317 e. The molecule has 0 aromatic heterocycles. The molecule has 4 amide bonds. The van der Waals surface area contributed by atoms with Crippen molar-refractivity contribution in [1.29, 1.82) is 0 Å². The summed E-state index contributed by atoms with van der Waals surface area (Å²) in [5, 5.41) is 2.86. The molecule has 0 saturated carbocycles. The van der Waals surface area contributed by atoms with Gasteiger partial charge in [0.2, 0.25) is 11.8 Å². The number of piperazine rings is 1. The number of amides is 4. The van der Waals surface area contributed by atoms with E-state index in [1.165, 1.54) is 24.0 Å². The summed E-state index contributed by atoms with van der Waals surface area (Å²) in [4.78, 5) is 40.7. The van der Waals surface area contributed by atoms with Gasteiger partial charge in [-0.3, -0.25) is 9.59 Å². The van der Waals surface area contributed by atoms with Gasteiger partial charge < -0.3 is 20.0 Å². The third kappa shape index (κ3) is 3.89. The lowest BCUT2D eigenvalue weighted by Crippen LogP contribution is -2.54. The number of carbonyl (C=O) groups is 3. The summed E-state index contributed by atoms with van der Waals surface area (Å²) in [5.41, 5.74) is 0.497. The molecule has 2 saturated heterocycles. The molecule has 134 valence electrons. The molecule has 0 spiro atoms. The Labute approximate surface area is 145 Å². The van der Waals surface area contributed by atoms with Gasteiger partial charge in [-0.15, -0.1) is 0 Å². The van der Waals surface area contributed by atoms with Crippen LogP contribution in [0.25, 0.3) is 0 Å². The van der Waals surface area contributed by atoms with Gasteiger partial charge in [-0.1, -0.05) is 6.07 Å². The zero-order valence-electron chi connectivity index (χ0n) is 14.1. The number of urea groups is 1. The van der Waals surface area contributed by atoms with E-state index in [1.54, 1.807) is 21.9 Å². The van der Waals surface area contributed by atoms with E-state index >= 15 is 0 Å². The molecule has 0 unspecified atom stereocenters. The van der Waals surface area contributed by atoms with Gasteiger partial charge >= 0.3 is 6.03 Å². The van der Waals surface area contributed by atoms with Crippen molar-refractivity contribution in [2.75, 3.05) is 37.6 Å². The van der Waals surface area contributed by atoms with Crippen molar-refractivity contribution in [1.82, 2.24) is 15.1 Å². The van der Waals surface area contributed by atoms with Crippen molar-refractivity contribution >= 4 is 23.5 Å². The second-order valence-electron chi connectivity index (χ2n) is 6.33. The highest BCUT2D eigenvalue weighted by Crippen LogP contribution is 2.22. The highest BCUT2D eigenvalue weighted by atomic mass is 19.1. The van der Waals surface area contributed by atoms with Crippen LogP contribution in [0.2, 0.25) is 0 Å². The average molecular weight is 348 g/mol. The molecule has 2 heterocycles. The summed E-state index contributed by atoms with van der Waals surface area (Å²) in [6, 6.07) is 5.31. The van der Waals surface area contributed by atoms with Crippen LogP contribution in [0.3, 0.4) is 0 Å². The van der Waals surface area contributed by atoms with Gasteiger partial charge in [0.05, 0.1) is 6.04 Å². The Kier molecular flexibility index (Phi) is 4.87. The molecule has 1 aromatic carbocycles. The average Bonchev–Trinajstić information content (AvgIpc) is 2.95. The SMILES string of the molecule is CC(=O)N1CCN(C(=O)N[C@H]2CC(=O)N(c3cccc(F)c3)C2)CC1. The molecule has 3 rings (SSSR count). The molecule has 2 aliphatic rings. The van der Waals surface area contributed by atoms with E-state index < -0.39 is 5.82 Å². The van der Waals surface area contributed by atoms with Crippen molar-refractivity contribution < 1.29 is 18.8 Å². The first-order valence-electron chi connectivity index (χ1n) is 8.31. The summed E-state index contributed by atoms with van der Waals surface area (Å²) >= 11 is 0. The first kappa shape index (κ1) is 17.2. The summed E-state index contributed by atoms with van der Waals surface area (Å²) in [5.74, 6) is -0.536. The highest BCUT2D eigenvalue weighted by Gasteiger charge is 2.33. The fourth-order valence-electron chi connectivity index (χ4n) is 3.19.